The number of Topliss-reactive ketones (excluding diaryl/α,β-unsaturated/α-hetero) is 1. The van der Waals surface area contributed by atoms with Crippen LogP contribution >= 0.6 is 0 Å². The summed E-state index contributed by atoms with van der Waals surface area (Å²) in [6, 6.07) is 14.4. The van der Waals surface area contributed by atoms with E-state index in [0.29, 0.717) is 17.0 Å². The molecule has 0 heterocycles. The molecule has 0 fully saturated rings. The lowest BCUT2D eigenvalue weighted by Crippen LogP contribution is -2.20. The molecule has 0 aliphatic heterocycles. The Morgan fingerprint density at radius 1 is 1.09 bits per heavy atom. The van der Waals surface area contributed by atoms with E-state index < -0.39 is 0 Å². The molecule has 2 rings (SSSR count). The highest BCUT2D eigenvalue weighted by atomic mass is 16.5. The van der Waals surface area contributed by atoms with E-state index in [1.807, 2.05) is 25.1 Å². The van der Waals surface area contributed by atoms with Gasteiger partial charge < -0.3 is 10.1 Å². The first kappa shape index (κ1) is 17.4. The molecule has 0 aliphatic carbocycles. The highest BCUT2D eigenvalue weighted by Crippen LogP contribution is 2.16. The molecule has 0 saturated heterocycles. The molecule has 2 aromatic rings. The van der Waals surface area contributed by atoms with Crippen LogP contribution in [0.3, 0.4) is 0 Å². The molecule has 0 saturated carbocycles. The zero-order valence-corrected chi connectivity index (χ0v) is 12.1. The number of hydrogen-bond donors (Lipinski definition) is 1. The zero-order valence-electron chi connectivity index (χ0n) is 12.1. The fraction of sp³-hybridized carbons (Fsp3) is 0.222. The van der Waals surface area contributed by atoms with Gasteiger partial charge in [0.15, 0.2) is 12.4 Å². The number of benzene rings is 2. The fourth-order valence-corrected chi connectivity index (χ4v) is 2.00. The Morgan fingerprint density at radius 3 is 2.36 bits per heavy atom. The molecular formula is C18H21NO3. The minimum atomic E-state index is -0.242. The van der Waals surface area contributed by atoms with E-state index in [4.69, 9.17) is 4.74 Å². The van der Waals surface area contributed by atoms with Gasteiger partial charge in [-0.15, -0.1) is 0 Å². The number of carbonyl (C=O) groups excluding carboxylic acids is 2. The lowest BCUT2D eigenvalue weighted by atomic mass is 10.0. The largest absolute Gasteiger partial charge is 0.484 e. The van der Waals surface area contributed by atoms with Crippen molar-refractivity contribution in [3.63, 3.8) is 0 Å². The van der Waals surface area contributed by atoms with Crippen LogP contribution in [0.2, 0.25) is 0 Å². The van der Waals surface area contributed by atoms with Crippen LogP contribution in [0.15, 0.2) is 48.5 Å². The summed E-state index contributed by atoms with van der Waals surface area (Å²) >= 11 is 0. The van der Waals surface area contributed by atoms with Crippen molar-refractivity contribution in [3.8, 4) is 5.75 Å². The van der Waals surface area contributed by atoms with Crippen molar-refractivity contribution in [3.05, 3.63) is 59.7 Å². The molecule has 0 aromatic heterocycles. The Bertz CT molecular complexity index is 651. The molecule has 4 heteroatoms. The molecule has 2 aromatic carbocycles. The van der Waals surface area contributed by atoms with Crippen LogP contribution in [0.5, 0.6) is 5.75 Å². The summed E-state index contributed by atoms with van der Waals surface area (Å²) in [6.45, 7) is 3.30. The van der Waals surface area contributed by atoms with Gasteiger partial charge in [0.25, 0.3) is 5.91 Å². The van der Waals surface area contributed by atoms with Gasteiger partial charge >= 0.3 is 0 Å². The first-order valence-corrected chi connectivity index (χ1v) is 6.65. The van der Waals surface area contributed by atoms with Gasteiger partial charge in [-0.05, 0) is 49.7 Å². The van der Waals surface area contributed by atoms with Gasteiger partial charge in [-0.25, -0.2) is 0 Å². The van der Waals surface area contributed by atoms with Gasteiger partial charge in [0.2, 0.25) is 0 Å². The first-order chi connectivity index (χ1) is 10.1. The van der Waals surface area contributed by atoms with E-state index in [0.717, 1.165) is 5.56 Å². The molecular weight excluding hydrogens is 278 g/mol. The summed E-state index contributed by atoms with van der Waals surface area (Å²) in [5.74, 6) is 0.419. The van der Waals surface area contributed by atoms with Crippen LogP contribution in [-0.2, 0) is 4.79 Å². The van der Waals surface area contributed by atoms with E-state index >= 15 is 0 Å². The predicted octanol–water partition coefficient (Wildman–Crippen LogP) is 3.85. The summed E-state index contributed by atoms with van der Waals surface area (Å²) < 4.78 is 5.37. The second-order valence-electron chi connectivity index (χ2n) is 4.74. The highest BCUT2D eigenvalue weighted by molar-refractivity contribution is 5.97. The number of amides is 1. The maximum absolute atomic E-state index is 11.8. The Kier molecular flexibility index (Phi) is 6.32. The molecule has 116 valence electrons. The molecule has 1 amide bonds. The Balaban J connectivity index is 0.00000242. The van der Waals surface area contributed by atoms with Crippen molar-refractivity contribution in [1.29, 1.82) is 0 Å². The standard InChI is InChI=1S/C17H17NO3.CH4/c1-12-10-14(8-9-16(12)13(2)19)18-17(20)11-21-15-6-4-3-5-7-15;/h3-10H,11H2,1-2H3,(H,18,20);1H4. The SMILES string of the molecule is C.CC(=O)c1ccc(NC(=O)COc2ccccc2)cc1C. The van der Waals surface area contributed by atoms with Gasteiger partial charge in [0.05, 0.1) is 0 Å². The Morgan fingerprint density at radius 2 is 1.77 bits per heavy atom. The second-order valence-corrected chi connectivity index (χ2v) is 4.74. The lowest BCUT2D eigenvalue weighted by Gasteiger charge is -2.09. The number of ketones is 1. The Labute approximate surface area is 131 Å². The number of anilines is 1. The second kappa shape index (κ2) is 7.98. The van der Waals surface area contributed by atoms with Crippen LogP contribution in [0.25, 0.3) is 0 Å². The number of aryl methyl sites for hydroxylation is 1. The Hall–Kier alpha value is -2.62. The maximum Gasteiger partial charge on any atom is 0.262 e. The quantitative estimate of drug-likeness (QED) is 0.853. The summed E-state index contributed by atoms with van der Waals surface area (Å²) in [5.41, 5.74) is 2.15. The van der Waals surface area contributed by atoms with E-state index in [1.54, 1.807) is 30.3 Å². The molecule has 1 N–H and O–H groups in total. The highest BCUT2D eigenvalue weighted by Gasteiger charge is 2.07. The number of hydrogen-bond acceptors (Lipinski definition) is 3. The third-order valence-corrected chi connectivity index (χ3v) is 3.00. The van der Waals surface area contributed by atoms with Crippen molar-refractivity contribution in [2.45, 2.75) is 21.3 Å². The maximum atomic E-state index is 11.8. The lowest BCUT2D eigenvalue weighted by molar-refractivity contribution is -0.118. The summed E-state index contributed by atoms with van der Waals surface area (Å²) in [4.78, 5) is 23.2. The van der Waals surface area contributed by atoms with Crippen LogP contribution in [-0.4, -0.2) is 18.3 Å². The zero-order chi connectivity index (χ0) is 15.2. The van der Waals surface area contributed by atoms with Crippen molar-refractivity contribution in [2.75, 3.05) is 11.9 Å². The first-order valence-electron chi connectivity index (χ1n) is 6.65. The van der Waals surface area contributed by atoms with Crippen LogP contribution in [0.4, 0.5) is 5.69 Å². The van der Waals surface area contributed by atoms with Gasteiger partial charge in [0, 0.05) is 11.3 Å². The van der Waals surface area contributed by atoms with E-state index in [1.165, 1.54) is 6.92 Å². The van der Waals surface area contributed by atoms with Crippen molar-refractivity contribution in [2.24, 2.45) is 0 Å². The number of carbonyl (C=O) groups is 2. The molecule has 0 unspecified atom stereocenters. The van der Waals surface area contributed by atoms with E-state index in [-0.39, 0.29) is 25.7 Å². The minimum absolute atomic E-state index is 0. The van der Waals surface area contributed by atoms with Crippen LogP contribution in [0, 0.1) is 6.92 Å². The molecule has 0 radical (unpaired) electrons. The van der Waals surface area contributed by atoms with Gasteiger partial charge in [-0.1, -0.05) is 25.6 Å². The topological polar surface area (TPSA) is 55.4 Å². The third-order valence-electron chi connectivity index (χ3n) is 3.00. The molecule has 0 aliphatic rings. The number of nitrogens with one attached hydrogen (secondary N) is 1. The summed E-state index contributed by atoms with van der Waals surface area (Å²) in [7, 11) is 0. The van der Waals surface area contributed by atoms with E-state index in [9.17, 15) is 9.59 Å². The predicted molar refractivity (Wildman–Crippen MR) is 88.5 cm³/mol. The average molecular weight is 299 g/mol. The van der Waals surface area contributed by atoms with Gasteiger partial charge in [0.1, 0.15) is 5.75 Å². The van der Waals surface area contributed by atoms with Gasteiger partial charge in [-0.2, -0.15) is 0 Å². The molecule has 4 nitrogen and oxygen atoms in total. The van der Waals surface area contributed by atoms with Crippen molar-refractivity contribution >= 4 is 17.4 Å². The number of ether oxygens (including phenoxy) is 1. The summed E-state index contributed by atoms with van der Waals surface area (Å²) in [6.07, 6.45) is 0. The average Bonchev–Trinajstić information content (AvgIpc) is 2.46. The molecule has 22 heavy (non-hydrogen) atoms. The smallest absolute Gasteiger partial charge is 0.262 e. The number of para-hydroxylation sites is 1. The van der Waals surface area contributed by atoms with Crippen LogP contribution < -0.4 is 10.1 Å². The van der Waals surface area contributed by atoms with Crippen LogP contribution in [0.1, 0.15) is 30.3 Å². The summed E-state index contributed by atoms with van der Waals surface area (Å²) in [5, 5.41) is 2.74. The molecule has 0 spiro atoms. The van der Waals surface area contributed by atoms with E-state index in [2.05, 4.69) is 5.32 Å². The number of rotatable bonds is 5. The normalized spacial score (nSPS) is 9.55. The minimum Gasteiger partial charge on any atom is -0.484 e. The monoisotopic (exact) mass is 299 g/mol. The van der Waals surface area contributed by atoms with Crippen molar-refractivity contribution in [1.82, 2.24) is 0 Å². The van der Waals surface area contributed by atoms with Gasteiger partial charge in [-0.3, -0.25) is 9.59 Å². The molecule has 0 atom stereocenters. The fourth-order valence-electron chi connectivity index (χ4n) is 2.00. The van der Waals surface area contributed by atoms with Crippen molar-refractivity contribution < 1.29 is 14.3 Å². The third kappa shape index (κ3) is 4.74. The molecule has 0 bridgehead atoms.